The molecule has 0 bridgehead atoms. The van der Waals surface area contributed by atoms with E-state index >= 15 is 0 Å². The van der Waals surface area contributed by atoms with Crippen molar-refractivity contribution in [1.29, 1.82) is 0 Å². The zero-order chi connectivity index (χ0) is 13.2. The third-order valence-electron chi connectivity index (χ3n) is 3.62. The number of nitrogens with zero attached hydrogens (tertiary/aromatic N) is 3. The fraction of sp³-hybridized carbons (Fsp3) is 0.357. The van der Waals surface area contributed by atoms with Crippen molar-refractivity contribution < 1.29 is 5.11 Å². The second-order valence-electron chi connectivity index (χ2n) is 4.80. The van der Waals surface area contributed by atoms with Crippen LogP contribution in [-0.2, 0) is 0 Å². The lowest BCUT2D eigenvalue weighted by Gasteiger charge is -2.29. The third kappa shape index (κ3) is 2.01. The molecule has 5 nitrogen and oxygen atoms in total. The van der Waals surface area contributed by atoms with E-state index in [0.29, 0.717) is 16.6 Å². The molecule has 0 unspecified atom stereocenters. The predicted octanol–water partition coefficient (Wildman–Crippen LogP) is 3.33. The normalized spacial score (nSPS) is 15.7. The van der Waals surface area contributed by atoms with Gasteiger partial charge in [0.15, 0.2) is 0 Å². The van der Waals surface area contributed by atoms with Gasteiger partial charge in [-0.1, -0.05) is 0 Å². The van der Waals surface area contributed by atoms with Crippen molar-refractivity contribution in [2.45, 2.75) is 19.3 Å². The van der Waals surface area contributed by atoms with Crippen LogP contribution in [0.5, 0.6) is 5.75 Å². The molecule has 19 heavy (non-hydrogen) atoms. The van der Waals surface area contributed by atoms with E-state index in [0.717, 1.165) is 31.6 Å². The second-order valence-corrected chi connectivity index (χ2v) is 4.80. The van der Waals surface area contributed by atoms with E-state index in [9.17, 15) is 10.0 Å². The molecule has 1 saturated heterocycles. The van der Waals surface area contributed by atoms with Crippen molar-refractivity contribution in [1.82, 2.24) is 4.98 Å². The van der Waals surface area contributed by atoms with E-state index in [1.807, 2.05) is 6.07 Å². The van der Waals surface area contributed by atoms with Gasteiger partial charge in [0.1, 0.15) is 17.0 Å². The Morgan fingerprint density at radius 2 is 1.95 bits per heavy atom. The van der Waals surface area contributed by atoms with E-state index in [2.05, 4.69) is 15.1 Å². The van der Waals surface area contributed by atoms with Gasteiger partial charge < -0.3 is 10.0 Å². The smallest absolute Gasteiger partial charge is 0.142 e. The lowest BCUT2D eigenvalue weighted by molar-refractivity contribution is 0.480. The molecule has 1 fully saturated rings. The molecule has 0 amide bonds. The van der Waals surface area contributed by atoms with Gasteiger partial charge in [-0.2, -0.15) is 0 Å². The van der Waals surface area contributed by atoms with Crippen LogP contribution in [0.2, 0.25) is 0 Å². The van der Waals surface area contributed by atoms with Gasteiger partial charge in [-0.3, -0.25) is 4.98 Å². The van der Waals surface area contributed by atoms with Gasteiger partial charge in [-0.25, -0.2) is 0 Å². The third-order valence-corrected chi connectivity index (χ3v) is 3.62. The molecule has 3 rings (SSSR count). The number of hydrogen-bond donors (Lipinski definition) is 1. The fourth-order valence-electron chi connectivity index (χ4n) is 2.69. The Labute approximate surface area is 110 Å². The van der Waals surface area contributed by atoms with Gasteiger partial charge in [-0.15, -0.1) is 4.91 Å². The van der Waals surface area contributed by atoms with E-state index < -0.39 is 0 Å². The highest BCUT2D eigenvalue weighted by Crippen LogP contribution is 2.38. The minimum absolute atomic E-state index is 0.0845. The maximum atomic E-state index is 11.0. The van der Waals surface area contributed by atoms with Crippen molar-refractivity contribution in [2.75, 3.05) is 18.0 Å². The molecule has 2 aromatic rings. The van der Waals surface area contributed by atoms with Crippen LogP contribution in [0, 0.1) is 4.91 Å². The van der Waals surface area contributed by atoms with Gasteiger partial charge in [0.2, 0.25) is 0 Å². The average molecular weight is 257 g/mol. The summed E-state index contributed by atoms with van der Waals surface area (Å²) in [6, 6.07) is 4.90. The summed E-state index contributed by atoms with van der Waals surface area (Å²) in [5.74, 6) is 0.0845. The van der Waals surface area contributed by atoms with Crippen LogP contribution in [0.4, 0.5) is 11.4 Å². The molecule has 1 aromatic heterocycles. The van der Waals surface area contributed by atoms with Crippen LogP contribution in [0.15, 0.2) is 29.6 Å². The summed E-state index contributed by atoms with van der Waals surface area (Å²) >= 11 is 0. The predicted molar refractivity (Wildman–Crippen MR) is 74.9 cm³/mol. The Bertz CT molecular complexity index is 621. The summed E-state index contributed by atoms with van der Waals surface area (Å²) in [7, 11) is 0. The van der Waals surface area contributed by atoms with Crippen LogP contribution in [-0.4, -0.2) is 23.2 Å². The number of hydrogen-bond acceptors (Lipinski definition) is 5. The number of piperidine rings is 1. The van der Waals surface area contributed by atoms with Crippen LogP contribution in [0.3, 0.4) is 0 Å². The first-order chi connectivity index (χ1) is 9.31. The number of nitroso groups, excluding NO2 is 1. The Kier molecular flexibility index (Phi) is 3.03. The number of pyridine rings is 1. The summed E-state index contributed by atoms with van der Waals surface area (Å²) in [5, 5.41) is 13.6. The first-order valence-corrected chi connectivity index (χ1v) is 6.50. The highest BCUT2D eigenvalue weighted by molar-refractivity contribution is 6.03. The first kappa shape index (κ1) is 11.9. The number of anilines is 1. The van der Waals surface area contributed by atoms with Crippen LogP contribution < -0.4 is 4.90 Å². The summed E-state index contributed by atoms with van der Waals surface area (Å²) in [5.41, 5.74) is 1.72. The molecule has 1 aliphatic heterocycles. The lowest BCUT2D eigenvalue weighted by atomic mass is 10.1. The van der Waals surface area contributed by atoms with E-state index in [-0.39, 0.29) is 5.75 Å². The van der Waals surface area contributed by atoms with Gasteiger partial charge in [0, 0.05) is 19.3 Å². The molecule has 0 aliphatic carbocycles. The highest BCUT2D eigenvalue weighted by Gasteiger charge is 2.18. The number of fused-ring (bicyclic) bond motifs is 1. The van der Waals surface area contributed by atoms with Gasteiger partial charge >= 0.3 is 0 Å². The largest absolute Gasteiger partial charge is 0.506 e. The molecule has 1 aromatic carbocycles. The van der Waals surface area contributed by atoms with E-state index in [4.69, 9.17) is 0 Å². The Morgan fingerprint density at radius 3 is 2.68 bits per heavy atom. The number of benzene rings is 1. The molecule has 0 spiro atoms. The Hall–Kier alpha value is -2.17. The average Bonchev–Trinajstić information content (AvgIpc) is 2.48. The first-order valence-electron chi connectivity index (χ1n) is 6.50. The number of aromatic nitrogens is 1. The minimum Gasteiger partial charge on any atom is -0.506 e. The minimum atomic E-state index is 0.0845. The molecule has 0 saturated carbocycles. The summed E-state index contributed by atoms with van der Waals surface area (Å²) in [6.45, 7) is 1.93. The quantitative estimate of drug-likeness (QED) is 0.838. The Morgan fingerprint density at radius 1 is 1.16 bits per heavy atom. The number of phenols is 1. The van der Waals surface area contributed by atoms with Crippen LogP contribution in [0.25, 0.3) is 10.9 Å². The van der Waals surface area contributed by atoms with E-state index in [1.165, 1.54) is 12.5 Å². The topological polar surface area (TPSA) is 65.8 Å². The number of aromatic hydroxyl groups is 1. The molecular weight excluding hydrogens is 242 g/mol. The van der Waals surface area contributed by atoms with Gasteiger partial charge in [0.05, 0.1) is 11.1 Å². The SMILES string of the molecule is O=Nc1ccc(O)c2nccc(N3CCCCC3)c12. The Balaban J connectivity index is 2.23. The zero-order valence-electron chi connectivity index (χ0n) is 10.5. The van der Waals surface area contributed by atoms with E-state index in [1.54, 1.807) is 12.3 Å². The molecule has 5 heteroatoms. The van der Waals surface area contributed by atoms with Crippen molar-refractivity contribution in [3.63, 3.8) is 0 Å². The van der Waals surface area contributed by atoms with Gasteiger partial charge in [-0.05, 0) is 42.6 Å². The fourth-order valence-corrected chi connectivity index (χ4v) is 2.69. The van der Waals surface area contributed by atoms with Crippen LogP contribution >= 0.6 is 0 Å². The molecular formula is C14H15N3O2. The van der Waals surface area contributed by atoms with Crippen molar-refractivity contribution in [2.24, 2.45) is 5.18 Å². The molecule has 98 valence electrons. The van der Waals surface area contributed by atoms with Gasteiger partial charge in [0.25, 0.3) is 0 Å². The lowest BCUT2D eigenvalue weighted by Crippen LogP contribution is -2.29. The zero-order valence-corrected chi connectivity index (χ0v) is 10.5. The summed E-state index contributed by atoms with van der Waals surface area (Å²) in [6.07, 6.45) is 5.20. The molecule has 1 aliphatic rings. The van der Waals surface area contributed by atoms with Crippen LogP contribution in [0.1, 0.15) is 19.3 Å². The number of rotatable bonds is 2. The number of phenolic OH excluding ortho intramolecular Hbond substituents is 1. The standard InChI is InChI=1S/C14H15N3O2/c18-12-5-4-10(16-19)13-11(6-7-15-14(12)13)17-8-2-1-3-9-17/h4-7,18H,1-3,8-9H2. The maximum Gasteiger partial charge on any atom is 0.142 e. The van der Waals surface area contributed by atoms with Crippen molar-refractivity contribution in [3.05, 3.63) is 29.3 Å². The van der Waals surface area contributed by atoms with Crippen molar-refractivity contribution in [3.8, 4) is 5.75 Å². The molecule has 0 radical (unpaired) electrons. The summed E-state index contributed by atoms with van der Waals surface area (Å²) < 4.78 is 0. The monoisotopic (exact) mass is 257 g/mol. The highest BCUT2D eigenvalue weighted by atomic mass is 16.3. The second kappa shape index (κ2) is 4.84. The molecule has 2 heterocycles. The molecule has 0 atom stereocenters. The maximum absolute atomic E-state index is 11.0. The van der Waals surface area contributed by atoms with Crippen molar-refractivity contribution >= 4 is 22.3 Å². The summed E-state index contributed by atoms with van der Waals surface area (Å²) in [4.78, 5) is 17.4. The molecule has 1 N–H and O–H groups in total.